The predicted molar refractivity (Wildman–Crippen MR) is 76.8 cm³/mol. The van der Waals surface area contributed by atoms with Crippen molar-refractivity contribution in [3.8, 4) is 5.75 Å². The first kappa shape index (κ1) is 16.5. The van der Waals surface area contributed by atoms with Crippen LogP contribution in [-0.2, 0) is 16.0 Å². The van der Waals surface area contributed by atoms with Crippen molar-refractivity contribution in [2.45, 2.75) is 32.5 Å². The normalized spacial score (nSPS) is 13.6. The van der Waals surface area contributed by atoms with E-state index in [-0.39, 0.29) is 12.0 Å². The van der Waals surface area contributed by atoms with Gasteiger partial charge in [0.15, 0.2) is 6.10 Å². The Kier molecular flexibility index (Phi) is 7.04. The molecular formula is C15H23NO4. The Hall–Kier alpha value is -1.59. The highest BCUT2D eigenvalue weighted by Gasteiger charge is 2.13. The van der Waals surface area contributed by atoms with Crippen LogP contribution in [0.25, 0.3) is 0 Å². The molecule has 20 heavy (non-hydrogen) atoms. The summed E-state index contributed by atoms with van der Waals surface area (Å²) in [4.78, 5) is 11.7. The molecule has 0 radical (unpaired) electrons. The molecule has 0 bridgehead atoms. The lowest BCUT2D eigenvalue weighted by Crippen LogP contribution is -2.37. The number of hydrogen-bond acceptors (Lipinski definition) is 4. The first-order valence-corrected chi connectivity index (χ1v) is 6.73. The summed E-state index contributed by atoms with van der Waals surface area (Å²) < 4.78 is 10.4. The predicted octanol–water partition coefficient (Wildman–Crippen LogP) is 1.14. The smallest absolute Gasteiger partial charge is 0.260 e. The van der Waals surface area contributed by atoms with Crippen molar-refractivity contribution in [2.75, 3.05) is 20.3 Å². The molecule has 0 spiro atoms. The Morgan fingerprint density at radius 2 is 1.95 bits per heavy atom. The van der Waals surface area contributed by atoms with E-state index in [0.717, 1.165) is 5.56 Å². The molecule has 2 N–H and O–H groups in total. The number of rotatable bonds is 8. The summed E-state index contributed by atoms with van der Waals surface area (Å²) in [6.07, 6.45) is -0.324. The summed E-state index contributed by atoms with van der Waals surface area (Å²) in [5.41, 5.74) is 1.03. The van der Waals surface area contributed by atoms with Crippen LogP contribution < -0.4 is 10.1 Å². The number of carbonyl (C=O) groups excluding carboxylic acids is 1. The zero-order valence-corrected chi connectivity index (χ0v) is 12.3. The minimum absolute atomic E-state index is 0.171. The third-order valence-corrected chi connectivity index (χ3v) is 2.74. The fourth-order valence-corrected chi connectivity index (χ4v) is 1.72. The van der Waals surface area contributed by atoms with Gasteiger partial charge in [0.1, 0.15) is 5.75 Å². The van der Waals surface area contributed by atoms with E-state index in [0.29, 0.717) is 25.3 Å². The molecule has 2 atom stereocenters. The number of hydrogen-bond donors (Lipinski definition) is 2. The van der Waals surface area contributed by atoms with Gasteiger partial charge in [-0.15, -0.1) is 0 Å². The number of ether oxygens (including phenoxy) is 2. The second-order valence-corrected chi connectivity index (χ2v) is 4.74. The van der Waals surface area contributed by atoms with Crippen molar-refractivity contribution in [3.05, 3.63) is 29.8 Å². The molecule has 112 valence electrons. The molecule has 0 aliphatic carbocycles. The SMILES string of the molecule is COCCNC(=O)C(C)Oc1ccc(CC(C)O)cc1. The molecule has 1 aromatic carbocycles. The van der Waals surface area contributed by atoms with Gasteiger partial charge in [-0.25, -0.2) is 0 Å². The Balaban J connectivity index is 2.45. The van der Waals surface area contributed by atoms with Gasteiger partial charge in [-0.2, -0.15) is 0 Å². The molecule has 0 saturated heterocycles. The number of methoxy groups -OCH3 is 1. The number of aliphatic hydroxyl groups is 1. The topological polar surface area (TPSA) is 67.8 Å². The molecule has 1 rings (SSSR count). The van der Waals surface area contributed by atoms with Gasteiger partial charge < -0.3 is 19.9 Å². The van der Waals surface area contributed by atoms with E-state index in [1.807, 2.05) is 12.1 Å². The Morgan fingerprint density at radius 1 is 1.30 bits per heavy atom. The Morgan fingerprint density at radius 3 is 2.50 bits per heavy atom. The van der Waals surface area contributed by atoms with Crippen LogP contribution in [0.5, 0.6) is 5.75 Å². The van der Waals surface area contributed by atoms with Crippen LogP contribution >= 0.6 is 0 Å². The van der Waals surface area contributed by atoms with Crippen LogP contribution in [0, 0.1) is 0 Å². The van der Waals surface area contributed by atoms with Gasteiger partial charge >= 0.3 is 0 Å². The number of benzene rings is 1. The first-order valence-electron chi connectivity index (χ1n) is 6.73. The van der Waals surface area contributed by atoms with Crippen molar-refractivity contribution in [1.82, 2.24) is 5.32 Å². The van der Waals surface area contributed by atoms with Crippen LogP contribution in [0.3, 0.4) is 0 Å². The highest BCUT2D eigenvalue weighted by atomic mass is 16.5. The van der Waals surface area contributed by atoms with Crippen LogP contribution in [0.4, 0.5) is 0 Å². The van der Waals surface area contributed by atoms with Gasteiger partial charge in [-0.3, -0.25) is 4.79 Å². The van der Waals surface area contributed by atoms with Gasteiger partial charge in [-0.1, -0.05) is 12.1 Å². The van der Waals surface area contributed by atoms with Crippen LogP contribution in [0.2, 0.25) is 0 Å². The van der Waals surface area contributed by atoms with E-state index >= 15 is 0 Å². The minimum atomic E-state index is -0.561. The van der Waals surface area contributed by atoms with Gasteiger partial charge in [0, 0.05) is 13.7 Å². The summed E-state index contributed by atoms with van der Waals surface area (Å²) in [6.45, 7) is 4.39. The number of amides is 1. The fraction of sp³-hybridized carbons (Fsp3) is 0.533. The molecule has 0 fully saturated rings. The van der Waals surface area contributed by atoms with Crippen molar-refractivity contribution < 1.29 is 19.4 Å². The molecule has 5 nitrogen and oxygen atoms in total. The lowest BCUT2D eigenvalue weighted by atomic mass is 10.1. The molecule has 1 amide bonds. The van der Waals surface area contributed by atoms with E-state index in [2.05, 4.69) is 5.32 Å². The van der Waals surface area contributed by atoms with Crippen molar-refractivity contribution in [1.29, 1.82) is 0 Å². The molecular weight excluding hydrogens is 258 g/mol. The molecule has 0 aromatic heterocycles. The molecule has 5 heteroatoms. The summed E-state index contributed by atoms with van der Waals surface area (Å²) in [5.74, 6) is 0.462. The van der Waals surface area contributed by atoms with Gasteiger partial charge in [-0.05, 0) is 38.0 Å². The third kappa shape index (κ3) is 6.04. The Bertz CT molecular complexity index is 403. The highest BCUT2D eigenvalue weighted by molar-refractivity contribution is 5.80. The van der Waals surface area contributed by atoms with Gasteiger partial charge in [0.05, 0.1) is 12.7 Å². The monoisotopic (exact) mass is 281 g/mol. The molecule has 0 saturated carbocycles. The zero-order valence-electron chi connectivity index (χ0n) is 12.3. The average Bonchev–Trinajstić information content (AvgIpc) is 2.40. The largest absolute Gasteiger partial charge is 0.481 e. The maximum absolute atomic E-state index is 11.7. The van der Waals surface area contributed by atoms with Crippen LogP contribution in [-0.4, -0.2) is 43.5 Å². The van der Waals surface area contributed by atoms with E-state index in [1.165, 1.54) is 0 Å². The second-order valence-electron chi connectivity index (χ2n) is 4.74. The molecule has 0 aliphatic heterocycles. The van der Waals surface area contributed by atoms with Crippen LogP contribution in [0.1, 0.15) is 19.4 Å². The highest BCUT2D eigenvalue weighted by Crippen LogP contribution is 2.15. The quantitative estimate of drug-likeness (QED) is 0.701. The zero-order chi connectivity index (χ0) is 15.0. The van der Waals surface area contributed by atoms with E-state index in [9.17, 15) is 9.90 Å². The van der Waals surface area contributed by atoms with E-state index < -0.39 is 6.10 Å². The summed E-state index contributed by atoms with van der Waals surface area (Å²) in [6, 6.07) is 7.38. The summed E-state index contributed by atoms with van der Waals surface area (Å²) >= 11 is 0. The number of nitrogens with one attached hydrogen (secondary N) is 1. The van der Waals surface area contributed by atoms with E-state index in [4.69, 9.17) is 9.47 Å². The number of carbonyl (C=O) groups is 1. The van der Waals surface area contributed by atoms with Crippen molar-refractivity contribution in [2.24, 2.45) is 0 Å². The molecule has 1 aromatic rings. The maximum atomic E-state index is 11.7. The van der Waals surface area contributed by atoms with Crippen LogP contribution in [0.15, 0.2) is 24.3 Å². The summed E-state index contributed by atoms with van der Waals surface area (Å²) in [5, 5.41) is 12.0. The fourth-order valence-electron chi connectivity index (χ4n) is 1.72. The summed E-state index contributed by atoms with van der Waals surface area (Å²) in [7, 11) is 1.58. The second kappa shape index (κ2) is 8.55. The standard InChI is InChI=1S/C15H23NO4/c1-11(17)10-13-4-6-14(7-5-13)20-12(2)15(18)16-8-9-19-3/h4-7,11-12,17H,8-10H2,1-3H3,(H,16,18). The van der Waals surface area contributed by atoms with Crippen molar-refractivity contribution in [3.63, 3.8) is 0 Å². The lowest BCUT2D eigenvalue weighted by Gasteiger charge is -2.15. The maximum Gasteiger partial charge on any atom is 0.260 e. The molecule has 2 unspecified atom stereocenters. The molecule has 0 heterocycles. The third-order valence-electron chi connectivity index (χ3n) is 2.74. The van der Waals surface area contributed by atoms with Gasteiger partial charge in [0.2, 0.25) is 0 Å². The minimum Gasteiger partial charge on any atom is -0.481 e. The van der Waals surface area contributed by atoms with E-state index in [1.54, 1.807) is 33.1 Å². The van der Waals surface area contributed by atoms with Gasteiger partial charge in [0.25, 0.3) is 5.91 Å². The average molecular weight is 281 g/mol. The first-order chi connectivity index (χ1) is 9.52. The number of aliphatic hydroxyl groups excluding tert-OH is 1. The van der Waals surface area contributed by atoms with Crippen molar-refractivity contribution >= 4 is 5.91 Å². The molecule has 0 aliphatic rings. The Labute approximate surface area is 119 Å². The lowest BCUT2D eigenvalue weighted by molar-refractivity contribution is -0.127.